The minimum Gasteiger partial charge on any atom is -0.346 e. The van der Waals surface area contributed by atoms with Crippen molar-refractivity contribution in [1.82, 2.24) is 10.2 Å². The molecule has 6 heavy (non-hydrogen) atoms. The van der Waals surface area contributed by atoms with Crippen molar-refractivity contribution in [2.45, 2.75) is 6.17 Å². The molecule has 2 aliphatic heterocycles. The lowest BCUT2D eigenvalue weighted by molar-refractivity contribution is 0.109. The molecule has 0 aromatic rings. The topological polar surface area (TPSA) is 15.3 Å². The first kappa shape index (κ1) is 2.64. The van der Waals surface area contributed by atoms with E-state index in [4.69, 9.17) is 0 Å². The fourth-order valence-corrected chi connectivity index (χ4v) is 0.717. The van der Waals surface area contributed by atoms with Gasteiger partial charge in [-0.15, -0.1) is 0 Å². The minimum absolute atomic E-state index is 0.616. The molecule has 0 bridgehead atoms. The van der Waals surface area contributed by atoms with Gasteiger partial charge in [-0.25, -0.2) is 0 Å². The number of rotatable bonds is 0. The van der Waals surface area contributed by atoms with Crippen LogP contribution in [0.15, 0.2) is 12.3 Å². The minimum atomic E-state index is 0.616. The van der Waals surface area contributed by atoms with Crippen molar-refractivity contribution in [2.24, 2.45) is 0 Å². The molecule has 2 heterocycles. The Kier molecular flexibility index (Phi) is 0.268. The zero-order chi connectivity index (χ0) is 3.98. The summed E-state index contributed by atoms with van der Waals surface area (Å²) in [5.41, 5.74) is 0. The summed E-state index contributed by atoms with van der Waals surface area (Å²) in [5.74, 6) is 0. The van der Waals surface area contributed by atoms with Gasteiger partial charge in [-0.05, 0) is 6.08 Å². The molecule has 0 aliphatic carbocycles. The van der Waals surface area contributed by atoms with Crippen molar-refractivity contribution >= 4 is 0 Å². The van der Waals surface area contributed by atoms with Gasteiger partial charge in [0.2, 0.25) is 0 Å². The zero-order valence-electron chi connectivity index (χ0n) is 3.39. The lowest BCUT2D eigenvalue weighted by Crippen LogP contribution is -2.62. The third-order valence-corrected chi connectivity index (χ3v) is 1.30. The van der Waals surface area contributed by atoms with Gasteiger partial charge in [-0.2, -0.15) is 0 Å². The largest absolute Gasteiger partial charge is 0.346 e. The fraction of sp³-hybridized carbons (Fsp3) is 0.500. The van der Waals surface area contributed by atoms with Gasteiger partial charge in [0.25, 0.3) is 0 Å². The molecule has 0 saturated carbocycles. The molecular weight excluding hydrogens is 76.1 g/mol. The van der Waals surface area contributed by atoms with Crippen LogP contribution in [0.3, 0.4) is 0 Å². The molecule has 1 unspecified atom stereocenters. The number of hydrogen-bond donors (Lipinski definition) is 1. The summed E-state index contributed by atoms with van der Waals surface area (Å²) in [6.45, 7) is 1.06. The standard InChI is InChI=1S/C4H6N2/c1-2-6-3-5-4(1)6/h1-2,4-5H,3H2. The Morgan fingerprint density at radius 3 is 2.67 bits per heavy atom. The Balaban J connectivity index is 2.24. The maximum absolute atomic E-state index is 3.18. The Bertz CT molecular complexity index is 85.7. The van der Waals surface area contributed by atoms with Crippen LogP contribution in [0.25, 0.3) is 0 Å². The molecular formula is C4H6N2. The summed E-state index contributed by atoms with van der Waals surface area (Å²) < 4.78 is 0. The molecule has 32 valence electrons. The predicted molar refractivity (Wildman–Crippen MR) is 22.8 cm³/mol. The molecule has 0 spiro atoms. The molecule has 0 aromatic carbocycles. The molecule has 1 saturated heterocycles. The molecule has 0 radical (unpaired) electrons. The quantitative estimate of drug-likeness (QED) is 0.431. The first-order valence-electron chi connectivity index (χ1n) is 2.14. The van der Waals surface area contributed by atoms with E-state index in [0.717, 1.165) is 6.67 Å². The molecule has 2 aliphatic rings. The van der Waals surface area contributed by atoms with Gasteiger partial charge < -0.3 is 4.90 Å². The highest BCUT2D eigenvalue weighted by molar-refractivity contribution is 5.10. The van der Waals surface area contributed by atoms with Crippen LogP contribution in [0.5, 0.6) is 0 Å². The van der Waals surface area contributed by atoms with Crippen molar-refractivity contribution in [1.29, 1.82) is 0 Å². The summed E-state index contributed by atoms with van der Waals surface area (Å²) in [6, 6.07) is 0. The van der Waals surface area contributed by atoms with Crippen molar-refractivity contribution in [3.8, 4) is 0 Å². The highest BCUT2D eigenvalue weighted by Crippen LogP contribution is 2.15. The van der Waals surface area contributed by atoms with E-state index in [2.05, 4.69) is 22.5 Å². The summed E-state index contributed by atoms with van der Waals surface area (Å²) in [5, 5.41) is 3.18. The average molecular weight is 82.1 g/mol. The Labute approximate surface area is 36.4 Å². The lowest BCUT2D eigenvalue weighted by atomic mass is 10.2. The second-order valence-electron chi connectivity index (χ2n) is 1.66. The summed E-state index contributed by atoms with van der Waals surface area (Å²) >= 11 is 0. The second-order valence-corrected chi connectivity index (χ2v) is 1.66. The maximum atomic E-state index is 3.18. The van der Waals surface area contributed by atoms with Crippen LogP contribution in [0.4, 0.5) is 0 Å². The smallest absolute Gasteiger partial charge is 0.102 e. The van der Waals surface area contributed by atoms with Crippen LogP contribution >= 0.6 is 0 Å². The third-order valence-electron chi connectivity index (χ3n) is 1.30. The molecule has 1 N–H and O–H groups in total. The Morgan fingerprint density at radius 1 is 1.83 bits per heavy atom. The van der Waals surface area contributed by atoms with Crippen LogP contribution in [-0.4, -0.2) is 17.7 Å². The van der Waals surface area contributed by atoms with Gasteiger partial charge >= 0.3 is 0 Å². The van der Waals surface area contributed by atoms with Crippen LogP contribution in [-0.2, 0) is 0 Å². The first-order valence-corrected chi connectivity index (χ1v) is 2.14. The predicted octanol–water partition coefficient (Wildman–Crippen LogP) is -0.298. The van der Waals surface area contributed by atoms with Crippen LogP contribution in [0, 0.1) is 0 Å². The lowest BCUT2D eigenvalue weighted by Gasteiger charge is -2.45. The SMILES string of the molecule is C1=CN2CNC12. The van der Waals surface area contributed by atoms with Gasteiger partial charge in [0.15, 0.2) is 0 Å². The number of hydrogen-bond acceptors (Lipinski definition) is 2. The van der Waals surface area contributed by atoms with E-state index >= 15 is 0 Å². The average Bonchev–Trinajstić information content (AvgIpc) is 1.54. The van der Waals surface area contributed by atoms with E-state index in [9.17, 15) is 0 Å². The van der Waals surface area contributed by atoms with E-state index in [1.54, 1.807) is 0 Å². The van der Waals surface area contributed by atoms with Gasteiger partial charge in [0.1, 0.15) is 6.17 Å². The van der Waals surface area contributed by atoms with E-state index in [1.807, 2.05) is 0 Å². The second kappa shape index (κ2) is 0.611. The van der Waals surface area contributed by atoms with Crippen molar-refractivity contribution in [2.75, 3.05) is 6.67 Å². The van der Waals surface area contributed by atoms with Crippen LogP contribution in [0.1, 0.15) is 0 Å². The molecule has 2 rings (SSSR count). The van der Waals surface area contributed by atoms with Gasteiger partial charge in [0.05, 0.1) is 6.67 Å². The molecule has 2 nitrogen and oxygen atoms in total. The van der Waals surface area contributed by atoms with E-state index in [-0.39, 0.29) is 0 Å². The highest BCUT2D eigenvalue weighted by atomic mass is 15.4. The van der Waals surface area contributed by atoms with Gasteiger partial charge in [-0.3, -0.25) is 5.32 Å². The van der Waals surface area contributed by atoms with Crippen molar-refractivity contribution in [3.05, 3.63) is 12.3 Å². The van der Waals surface area contributed by atoms with Crippen molar-refractivity contribution in [3.63, 3.8) is 0 Å². The Hall–Kier alpha value is -0.500. The highest BCUT2D eigenvalue weighted by Gasteiger charge is 2.27. The first-order chi connectivity index (χ1) is 2.97. The van der Waals surface area contributed by atoms with E-state index in [0.29, 0.717) is 6.17 Å². The summed E-state index contributed by atoms with van der Waals surface area (Å²) in [6.07, 6.45) is 4.86. The van der Waals surface area contributed by atoms with Gasteiger partial charge in [0, 0.05) is 6.20 Å². The molecule has 0 aromatic heterocycles. The van der Waals surface area contributed by atoms with Crippen molar-refractivity contribution < 1.29 is 0 Å². The molecule has 2 heteroatoms. The fourth-order valence-electron chi connectivity index (χ4n) is 0.717. The normalized spacial score (nSPS) is 37.3. The van der Waals surface area contributed by atoms with Crippen LogP contribution in [0.2, 0.25) is 0 Å². The molecule has 0 amide bonds. The van der Waals surface area contributed by atoms with Crippen LogP contribution < -0.4 is 5.32 Å². The number of fused-ring (bicyclic) bond motifs is 1. The Morgan fingerprint density at radius 2 is 2.67 bits per heavy atom. The maximum Gasteiger partial charge on any atom is 0.102 e. The van der Waals surface area contributed by atoms with E-state index in [1.165, 1.54) is 0 Å². The number of nitrogens with zero attached hydrogens (tertiary/aromatic N) is 1. The van der Waals surface area contributed by atoms with Gasteiger partial charge in [-0.1, -0.05) is 0 Å². The summed E-state index contributed by atoms with van der Waals surface area (Å²) in [7, 11) is 0. The molecule has 1 fully saturated rings. The monoisotopic (exact) mass is 82.1 g/mol. The van der Waals surface area contributed by atoms with E-state index < -0.39 is 0 Å². The molecule has 1 atom stereocenters. The summed E-state index contributed by atoms with van der Waals surface area (Å²) in [4.78, 5) is 2.24. The third kappa shape index (κ3) is 0.120. The number of nitrogens with one attached hydrogen (secondary N) is 1. The zero-order valence-corrected chi connectivity index (χ0v) is 3.39.